The monoisotopic (exact) mass is 411 g/mol. The highest BCUT2D eigenvalue weighted by Gasteiger charge is 2.19. The van der Waals surface area contributed by atoms with Gasteiger partial charge in [0.2, 0.25) is 0 Å². The first-order chi connectivity index (χ1) is 14.1. The van der Waals surface area contributed by atoms with Crippen LogP contribution in [0.2, 0.25) is 5.02 Å². The molecule has 1 aliphatic rings. The Morgan fingerprint density at radius 1 is 1.07 bits per heavy atom. The lowest BCUT2D eigenvalue weighted by Gasteiger charge is -2.16. The van der Waals surface area contributed by atoms with Crippen LogP contribution in [0.1, 0.15) is 33.7 Å². The summed E-state index contributed by atoms with van der Waals surface area (Å²) in [7, 11) is 0. The van der Waals surface area contributed by atoms with Gasteiger partial charge in [0.05, 0.1) is 28.2 Å². The molecule has 0 bridgehead atoms. The number of nitrogens with one attached hydrogen (secondary N) is 3. The third kappa shape index (κ3) is 4.35. The maximum absolute atomic E-state index is 12.6. The summed E-state index contributed by atoms with van der Waals surface area (Å²) in [6.07, 6.45) is 8.18. The first kappa shape index (κ1) is 18.9. The molecule has 2 amide bonds. The fourth-order valence-corrected chi connectivity index (χ4v) is 3.25. The number of rotatable bonds is 5. The molecular formula is C19H18ClN7O2. The Balaban J connectivity index is 1.43. The van der Waals surface area contributed by atoms with Crippen molar-refractivity contribution in [3.05, 3.63) is 59.3 Å². The van der Waals surface area contributed by atoms with Crippen LogP contribution in [0.4, 0.5) is 17.2 Å². The lowest BCUT2D eigenvalue weighted by molar-refractivity contribution is 0.102. The molecule has 3 N–H and O–H groups in total. The van der Waals surface area contributed by atoms with E-state index >= 15 is 0 Å². The molecule has 0 saturated carbocycles. The molecule has 0 atom stereocenters. The summed E-state index contributed by atoms with van der Waals surface area (Å²) in [5.74, 6) is -0.0306. The minimum absolute atomic E-state index is 0.0527. The maximum Gasteiger partial charge on any atom is 0.278 e. The molecule has 9 nitrogen and oxygen atoms in total. The molecule has 1 aliphatic heterocycles. The standard InChI is InChI=1S/C19H18ClN7O2/c20-13-7-12(8-21-9-13)18(28)25-15-11-23-26-17(15)19(29)24-14-3-4-16(22-10-14)27-5-1-2-6-27/h3-4,7-11H,1-2,5-6H2,(H,23,26)(H,24,29)(H,25,28). The van der Waals surface area contributed by atoms with Crippen molar-refractivity contribution in [3.8, 4) is 0 Å². The van der Waals surface area contributed by atoms with Crippen LogP contribution < -0.4 is 15.5 Å². The van der Waals surface area contributed by atoms with Crippen molar-refractivity contribution in [2.75, 3.05) is 28.6 Å². The molecule has 0 aliphatic carbocycles. The fourth-order valence-electron chi connectivity index (χ4n) is 3.07. The predicted molar refractivity (Wildman–Crippen MR) is 109 cm³/mol. The smallest absolute Gasteiger partial charge is 0.278 e. The van der Waals surface area contributed by atoms with Crippen molar-refractivity contribution in [1.29, 1.82) is 0 Å². The second-order valence-electron chi connectivity index (χ2n) is 6.55. The van der Waals surface area contributed by atoms with Crippen LogP contribution in [0, 0.1) is 0 Å². The van der Waals surface area contributed by atoms with Gasteiger partial charge in [-0.05, 0) is 31.0 Å². The van der Waals surface area contributed by atoms with E-state index in [2.05, 4.69) is 35.7 Å². The third-order valence-electron chi connectivity index (χ3n) is 4.51. The second-order valence-corrected chi connectivity index (χ2v) is 6.98. The van der Waals surface area contributed by atoms with Gasteiger partial charge in [-0.3, -0.25) is 19.7 Å². The number of hydrogen-bond donors (Lipinski definition) is 3. The zero-order chi connectivity index (χ0) is 20.2. The van der Waals surface area contributed by atoms with Crippen molar-refractivity contribution < 1.29 is 9.59 Å². The second kappa shape index (κ2) is 8.27. The van der Waals surface area contributed by atoms with E-state index in [9.17, 15) is 9.59 Å². The van der Waals surface area contributed by atoms with Crippen LogP contribution in [0.15, 0.2) is 43.0 Å². The molecule has 3 aromatic heterocycles. The molecular weight excluding hydrogens is 394 g/mol. The van der Waals surface area contributed by atoms with E-state index in [0.717, 1.165) is 18.9 Å². The van der Waals surface area contributed by atoms with Gasteiger partial charge >= 0.3 is 0 Å². The number of hydrogen-bond acceptors (Lipinski definition) is 6. The van der Waals surface area contributed by atoms with E-state index in [1.54, 1.807) is 12.3 Å². The van der Waals surface area contributed by atoms with Crippen LogP contribution in [0.3, 0.4) is 0 Å². The minimum atomic E-state index is -0.471. The van der Waals surface area contributed by atoms with Gasteiger partial charge < -0.3 is 15.5 Å². The third-order valence-corrected chi connectivity index (χ3v) is 4.71. The van der Waals surface area contributed by atoms with Gasteiger partial charge in [-0.15, -0.1) is 0 Å². The zero-order valence-corrected chi connectivity index (χ0v) is 16.1. The SMILES string of the molecule is O=C(Nc1c[nH]nc1C(=O)Nc1ccc(N2CCCC2)nc1)c1cncc(Cl)c1. The van der Waals surface area contributed by atoms with Gasteiger partial charge in [-0.2, -0.15) is 5.10 Å². The van der Waals surface area contributed by atoms with Crippen molar-refractivity contribution in [2.24, 2.45) is 0 Å². The summed E-state index contributed by atoms with van der Waals surface area (Å²) in [6.45, 7) is 1.99. The Morgan fingerprint density at radius 3 is 2.62 bits per heavy atom. The fraction of sp³-hybridized carbons (Fsp3) is 0.211. The predicted octanol–water partition coefficient (Wildman–Crippen LogP) is 2.96. The van der Waals surface area contributed by atoms with Crippen molar-refractivity contribution in [2.45, 2.75) is 12.8 Å². The van der Waals surface area contributed by atoms with E-state index in [4.69, 9.17) is 11.6 Å². The number of amides is 2. The Morgan fingerprint density at radius 2 is 1.90 bits per heavy atom. The first-order valence-electron chi connectivity index (χ1n) is 9.08. The minimum Gasteiger partial charge on any atom is -0.357 e. The highest BCUT2D eigenvalue weighted by atomic mass is 35.5. The molecule has 0 spiro atoms. The summed E-state index contributed by atoms with van der Waals surface area (Å²) in [6, 6.07) is 5.15. The highest BCUT2D eigenvalue weighted by Crippen LogP contribution is 2.20. The topological polar surface area (TPSA) is 116 Å². The number of aromatic amines is 1. The van der Waals surface area contributed by atoms with Crippen molar-refractivity contribution in [3.63, 3.8) is 0 Å². The average molecular weight is 412 g/mol. The molecule has 4 heterocycles. The molecule has 1 fully saturated rings. The Hall–Kier alpha value is -3.46. The van der Waals surface area contributed by atoms with Gasteiger partial charge in [-0.1, -0.05) is 11.6 Å². The van der Waals surface area contributed by atoms with Crippen molar-refractivity contribution >= 4 is 40.6 Å². The van der Waals surface area contributed by atoms with Crippen LogP contribution in [-0.4, -0.2) is 45.1 Å². The lowest BCUT2D eigenvalue weighted by Crippen LogP contribution is -2.20. The summed E-state index contributed by atoms with van der Waals surface area (Å²) in [5.41, 5.74) is 1.11. The molecule has 4 rings (SSSR count). The molecule has 0 radical (unpaired) electrons. The summed E-state index contributed by atoms with van der Waals surface area (Å²) < 4.78 is 0. The zero-order valence-electron chi connectivity index (χ0n) is 15.4. The van der Waals surface area contributed by atoms with Crippen LogP contribution in [0.25, 0.3) is 0 Å². The van der Waals surface area contributed by atoms with Crippen LogP contribution in [0.5, 0.6) is 0 Å². The summed E-state index contributed by atoms with van der Waals surface area (Å²) in [4.78, 5) is 35.4. The normalized spacial score (nSPS) is 13.3. The maximum atomic E-state index is 12.6. The molecule has 0 aromatic carbocycles. The number of H-pyrrole nitrogens is 1. The molecule has 148 valence electrons. The summed E-state index contributed by atoms with van der Waals surface area (Å²) >= 11 is 5.86. The molecule has 1 saturated heterocycles. The molecule has 29 heavy (non-hydrogen) atoms. The highest BCUT2D eigenvalue weighted by molar-refractivity contribution is 6.30. The van der Waals surface area contributed by atoms with Crippen LogP contribution in [-0.2, 0) is 0 Å². The molecule has 10 heteroatoms. The lowest BCUT2D eigenvalue weighted by atomic mass is 10.2. The number of carbonyl (C=O) groups is 2. The van der Waals surface area contributed by atoms with E-state index in [-0.39, 0.29) is 16.9 Å². The quantitative estimate of drug-likeness (QED) is 0.594. The first-order valence-corrected chi connectivity index (χ1v) is 9.46. The van der Waals surface area contributed by atoms with E-state index in [1.165, 1.54) is 37.5 Å². The van der Waals surface area contributed by atoms with Gasteiger partial charge in [-0.25, -0.2) is 4.98 Å². The number of nitrogens with zero attached hydrogens (tertiary/aromatic N) is 4. The molecule has 3 aromatic rings. The number of aromatic nitrogens is 4. The largest absolute Gasteiger partial charge is 0.357 e. The van der Waals surface area contributed by atoms with E-state index in [0.29, 0.717) is 10.7 Å². The van der Waals surface area contributed by atoms with Gasteiger partial charge in [0.15, 0.2) is 5.69 Å². The molecule has 0 unspecified atom stereocenters. The van der Waals surface area contributed by atoms with Gasteiger partial charge in [0.25, 0.3) is 11.8 Å². The Labute approximate surface area is 171 Å². The van der Waals surface area contributed by atoms with Crippen LogP contribution >= 0.6 is 11.6 Å². The van der Waals surface area contributed by atoms with Gasteiger partial charge in [0, 0.05) is 31.7 Å². The average Bonchev–Trinajstić information content (AvgIpc) is 3.41. The van der Waals surface area contributed by atoms with E-state index in [1.807, 2.05) is 6.07 Å². The number of carbonyl (C=O) groups excluding carboxylic acids is 2. The van der Waals surface area contributed by atoms with Gasteiger partial charge in [0.1, 0.15) is 5.82 Å². The van der Waals surface area contributed by atoms with E-state index < -0.39 is 11.8 Å². The summed E-state index contributed by atoms with van der Waals surface area (Å²) in [5, 5.41) is 12.2. The Bertz CT molecular complexity index is 1030. The number of pyridine rings is 2. The number of anilines is 3. The van der Waals surface area contributed by atoms with Crippen molar-refractivity contribution in [1.82, 2.24) is 20.2 Å². The number of halogens is 1. The Kier molecular flexibility index (Phi) is 5.39.